The molecule has 0 radical (unpaired) electrons. The molecule has 1 aromatic heterocycles. The van der Waals surface area contributed by atoms with Crippen LogP contribution in [-0.2, 0) is 6.42 Å². The largest absolute Gasteiger partial charge is 0.481 e. The molecule has 106 valence electrons. The highest BCUT2D eigenvalue weighted by Crippen LogP contribution is 2.24. The van der Waals surface area contributed by atoms with Crippen molar-refractivity contribution < 1.29 is 4.74 Å². The average molecular weight is 271 g/mol. The maximum absolute atomic E-state index is 5.91. The van der Waals surface area contributed by atoms with Gasteiger partial charge in [-0.15, -0.1) is 0 Å². The van der Waals surface area contributed by atoms with Gasteiger partial charge in [-0.25, -0.2) is 0 Å². The Labute approximate surface area is 120 Å². The monoisotopic (exact) mass is 271 g/mol. The van der Waals surface area contributed by atoms with Crippen molar-refractivity contribution in [1.82, 2.24) is 4.98 Å². The van der Waals surface area contributed by atoms with Crippen LogP contribution in [0.5, 0.6) is 5.88 Å². The molecule has 4 heteroatoms. The summed E-state index contributed by atoms with van der Waals surface area (Å²) in [6, 6.07) is 11.9. The fourth-order valence-electron chi connectivity index (χ4n) is 1.94. The number of anilines is 3. The molecule has 0 saturated heterocycles. The first-order valence-corrected chi connectivity index (χ1v) is 6.89. The van der Waals surface area contributed by atoms with Crippen LogP contribution in [0, 0.1) is 0 Å². The normalized spacial score (nSPS) is 10.3. The van der Waals surface area contributed by atoms with Gasteiger partial charge >= 0.3 is 0 Å². The predicted molar refractivity (Wildman–Crippen MR) is 83.5 cm³/mol. The maximum atomic E-state index is 5.91. The standard InChI is InChI=1S/C16H21N3O/c1-3-4-5-12-6-8-13(9-7-12)18-16-14(17)10-11-15(19-16)20-2/h6-11H,3-5,17H2,1-2H3,(H,18,19). The van der Waals surface area contributed by atoms with Gasteiger partial charge < -0.3 is 15.8 Å². The van der Waals surface area contributed by atoms with Crippen molar-refractivity contribution in [2.45, 2.75) is 26.2 Å². The Morgan fingerprint density at radius 3 is 2.55 bits per heavy atom. The number of hydrogen-bond donors (Lipinski definition) is 2. The summed E-state index contributed by atoms with van der Waals surface area (Å²) < 4.78 is 5.10. The van der Waals surface area contributed by atoms with E-state index in [1.165, 1.54) is 18.4 Å². The van der Waals surface area contributed by atoms with Crippen LogP contribution in [0.25, 0.3) is 0 Å². The predicted octanol–water partition coefficient (Wildman–Crippen LogP) is 3.76. The number of nitrogen functional groups attached to an aromatic ring is 1. The molecule has 0 bridgehead atoms. The number of ether oxygens (including phenoxy) is 1. The first kappa shape index (κ1) is 14.2. The van der Waals surface area contributed by atoms with Gasteiger partial charge in [0.15, 0.2) is 5.82 Å². The molecule has 20 heavy (non-hydrogen) atoms. The third-order valence-electron chi connectivity index (χ3n) is 3.15. The number of methoxy groups -OCH3 is 1. The van der Waals surface area contributed by atoms with Gasteiger partial charge in [-0.3, -0.25) is 0 Å². The van der Waals surface area contributed by atoms with E-state index in [-0.39, 0.29) is 0 Å². The van der Waals surface area contributed by atoms with E-state index >= 15 is 0 Å². The van der Waals surface area contributed by atoms with E-state index in [9.17, 15) is 0 Å². The highest BCUT2D eigenvalue weighted by atomic mass is 16.5. The van der Waals surface area contributed by atoms with Crippen LogP contribution >= 0.6 is 0 Å². The summed E-state index contributed by atoms with van der Waals surface area (Å²) >= 11 is 0. The lowest BCUT2D eigenvalue weighted by molar-refractivity contribution is 0.398. The Morgan fingerprint density at radius 2 is 1.90 bits per heavy atom. The molecule has 0 amide bonds. The fraction of sp³-hybridized carbons (Fsp3) is 0.312. The summed E-state index contributed by atoms with van der Waals surface area (Å²) in [6.07, 6.45) is 3.55. The van der Waals surface area contributed by atoms with Crippen LogP contribution in [0.3, 0.4) is 0 Å². The number of hydrogen-bond acceptors (Lipinski definition) is 4. The quantitative estimate of drug-likeness (QED) is 0.839. The smallest absolute Gasteiger partial charge is 0.215 e. The zero-order valence-electron chi connectivity index (χ0n) is 12.0. The molecule has 0 unspecified atom stereocenters. The third kappa shape index (κ3) is 3.63. The van der Waals surface area contributed by atoms with Crippen molar-refractivity contribution in [3.05, 3.63) is 42.0 Å². The number of nitrogens with two attached hydrogens (primary N) is 1. The van der Waals surface area contributed by atoms with Crippen LogP contribution in [0.1, 0.15) is 25.3 Å². The van der Waals surface area contributed by atoms with E-state index in [1.807, 2.05) is 12.1 Å². The van der Waals surface area contributed by atoms with E-state index in [0.29, 0.717) is 17.4 Å². The first-order chi connectivity index (χ1) is 9.72. The van der Waals surface area contributed by atoms with Crippen molar-refractivity contribution in [3.8, 4) is 5.88 Å². The third-order valence-corrected chi connectivity index (χ3v) is 3.15. The average Bonchev–Trinajstić information content (AvgIpc) is 2.49. The van der Waals surface area contributed by atoms with Crippen molar-refractivity contribution >= 4 is 17.2 Å². The van der Waals surface area contributed by atoms with E-state index in [1.54, 1.807) is 19.2 Å². The van der Waals surface area contributed by atoms with E-state index < -0.39 is 0 Å². The minimum Gasteiger partial charge on any atom is -0.481 e. The van der Waals surface area contributed by atoms with Crippen molar-refractivity contribution in [2.24, 2.45) is 0 Å². The SMILES string of the molecule is CCCCc1ccc(Nc2nc(OC)ccc2N)cc1. The van der Waals surface area contributed by atoms with Gasteiger partial charge in [0.2, 0.25) is 5.88 Å². The van der Waals surface area contributed by atoms with E-state index in [2.05, 4.69) is 29.4 Å². The Morgan fingerprint density at radius 1 is 1.15 bits per heavy atom. The van der Waals surface area contributed by atoms with Crippen molar-refractivity contribution in [3.63, 3.8) is 0 Å². The molecule has 0 aliphatic rings. The minimum atomic E-state index is 0.543. The van der Waals surface area contributed by atoms with Gasteiger partial charge in [-0.2, -0.15) is 4.98 Å². The molecule has 3 N–H and O–H groups in total. The lowest BCUT2D eigenvalue weighted by Crippen LogP contribution is -2.00. The van der Waals surface area contributed by atoms with Gasteiger partial charge in [0.1, 0.15) is 0 Å². The Balaban J connectivity index is 2.09. The molecule has 0 aliphatic heterocycles. The van der Waals surface area contributed by atoms with Crippen molar-refractivity contribution in [2.75, 3.05) is 18.2 Å². The summed E-state index contributed by atoms with van der Waals surface area (Å²) in [5.41, 5.74) is 8.83. The van der Waals surface area contributed by atoms with Gasteiger partial charge in [0, 0.05) is 11.8 Å². The number of rotatable bonds is 6. The van der Waals surface area contributed by atoms with Gasteiger partial charge in [0.05, 0.1) is 12.8 Å². The lowest BCUT2D eigenvalue weighted by atomic mass is 10.1. The molecule has 0 saturated carbocycles. The Bertz CT molecular complexity index is 552. The molecule has 0 aliphatic carbocycles. The second-order valence-corrected chi connectivity index (χ2v) is 4.72. The second kappa shape index (κ2) is 6.80. The number of benzene rings is 1. The Kier molecular flexibility index (Phi) is 4.82. The molecule has 1 heterocycles. The fourth-order valence-corrected chi connectivity index (χ4v) is 1.94. The van der Waals surface area contributed by atoms with E-state index in [0.717, 1.165) is 12.1 Å². The van der Waals surface area contributed by atoms with Crippen LogP contribution in [0.2, 0.25) is 0 Å². The van der Waals surface area contributed by atoms with Crippen LogP contribution < -0.4 is 15.8 Å². The molecule has 0 spiro atoms. The zero-order chi connectivity index (χ0) is 14.4. The molecule has 4 nitrogen and oxygen atoms in total. The summed E-state index contributed by atoms with van der Waals surface area (Å²) in [5, 5.41) is 3.21. The van der Waals surface area contributed by atoms with Gasteiger partial charge in [0.25, 0.3) is 0 Å². The summed E-state index contributed by atoms with van der Waals surface area (Å²) in [6.45, 7) is 2.20. The molecular weight excluding hydrogens is 250 g/mol. The van der Waals surface area contributed by atoms with Crippen LogP contribution in [-0.4, -0.2) is 12.1 Å². The molecule has 1 aromatic carbocycles. The maximum Gasteiger partial charge on any atom is 0.215 e. The lowest BCUT2D eigenvalue weighted by Gasteiger charge is -2.10. The highest BCUT2D eigenvalue weighted by Gasteiger charge is 2.04. The minimum absolute atomic E-state index is 0.543. The summed E-state index contributed by atoms with van der Waals surface area (Å²) in [4.78, 5) is 4.30. The first-order valence-electron chi connectivity index (χ1n) is 6.89. The summed E-state index contributed by atoms with van der Waals surface area (Å²) in [7, 11) is 1.59. The molecule has 2 aromatic rings. The zero-order valence-corrected chi connectivity index (χ0v) is 12.0. The topological polar surface area (TPSA) is 60.2 Å². The van der Waals surface area contributed by atoms with E-state index in [4.69, 9.17) is 10.5 Å². The Hall–Kier alpha value is -2.23. The molecule has 0 fully saturated rings. The number of nitrogens with one attached hydrogen (secondary N) is 1. The second-order valence-electron chi connectivity index (χ2n) is 4.72. The van der Waals surface area contributed by atoms with Gasteiger partial charge in [-0.1, -0.05) is 25.5 Å². The molecular formula is C16H21N3O. The number of aromatic nitrogens is 1. The number of unbranched alkanes of at least 4 members (excludes halogenated alkanes) is 1. The van der Waals surface area contributed by atoms with Crippen molar-refractivity contribution in [1.29, 1.82) is 0 Å². The number of nitrogens with zero attached hydrogens (tertiary/aromatic N) is 1. The van der Waals surface area contributed by atoms with Gasteiger partial charge in [-0.05, 0) is 36.6 Å². The number of pyridine rings is 1. The molecule has 0 atom stereocenters. The molecule has 2 rings (SSSR count). The highest BCUT2D eigenvalue weighted by molar-refractivity contribution is 5.69. The number of aryl methyl sites for hydroxylation is 1. The van der Waals surface area contributed by atoms with Crippen LogP contribution in [0.4, 0.5) is 17.2 Å². The summed E-state index contributed by atoms with van der Waals surface area (Å²) in [5.74, 6) is 1.16. The van der Waals surface area contributed by atoms with Crippen LogP contribution in [0.15, 0.2) is 36.4 Å².